The van der Waals surface area contributed by atoms with E-state index in [1.165, 1.54) is 6.07 Å². The summed E-state index contributed by atoms with van der Waals surface area (Å²) >= 11 is 0. The molecule has 3 aromatic carbocycles. The first-order valence-corrected chi connectivity index (χ1v) is 11.4. The third-order valence-electron chi connectivity index (χ3n) is 6.20. The largest absolute Gasteiger partial charge is 0.497 e. The van der Waals surface area contributed by atoms with Crippen molar-refractivity contribution in [2.45, 2.75) is 0 Å². The Hall–Kier alpha value is -4.40. The number of methoxy groups -OCH3 is 1. The van der Waals surface area contributed by atoms with Crippen molar-refractivity contribution in [1.29, 1.82) is 0 Å². The van der Waals surface area contributed by atoms with E-state index in [9.17, 15) is 18.4 Å². The molecule has 1 fully saturated rings. The first-order valence-electron chi connectivity index (χ1n) is 11.4. The minimum atomic E-state index is -1.01. The van der Waals surface area contributed by atoms with Crippen LogP contribution in [0.4, 0.5) is 20.2 Å². The molecule has 2 heterocycles. The number of fused-ring (bicyclic) bond motifs is 1. The Morgan fingerprint density at radius 3 is 2.33 bits per heavy atom. The van der Waals surface area contributed by atoms with E-state index >= 15 is 0 Å². The van der Waals surface area contributed by atoms with Crippen molar-refractivity contribution in [2.24, 2.45) is 0 Å². The molecule has 7 nitrogen and oxygen atoms in total. The van der Waals surface area contributed by atoms with Gasteiger partial charge in [-0.3, -0.25) is 9.59 Å². The number of amides is 2. The number of furan rings is 1. The molecule has 0 unspecified atom stereocenters. The molecule has 36 heavy (non-hydrogen) atoms. The van der Waals surface area contributed by atoms with Crippen molar-refractivity contribution < 1.29 is 27.5 Å². The molecule has 4 aromatic rings. The van der Waals surface area contributed by atoms with Crippen LogP contribution in [-0.2, 0) is 0 Å². The fourth-order valence-corrected chi connectivity index (χ4v) is 4.33. The topological polar surface area (TPSA) is 75.0 Å². The highest BCUT2D eigenvalue weighted by Gasteiger charge is 2.30. The molecule has 0 aliphatic carbocycles. The third-order valence-corrected chi connectivity index (χ3v) is 6.20. The summed E-state index contributed by atoms with van der Waals surface area (Å²) in [6.07, 6.45) is 0. The Kier molecular flexibility index (Phi) is 6.28. The number of ether oxygens (including phenoxy) is 1. The minimum Gasteiger partial charge on any atom is -0.497 e. The van der Waals surface area contributed by atoms with Crippen LogP contribution in [0.1, 0.15) is 20.9 Å². The number of carbonyl (C=O) groups is 2. The van der Waals surface area contributed by atoms with Gasteiger partial charge in [-0.1, -0.05) is 24.3 Å². The first-order chi connectivity index (χ1) is 17.5. The van der Waals surface area contributed by atoms with E-state index in [0.717, 1.165) is 23.6 Å². The number of hydrogen-bond acceptors (Lipinski definition) is 5. The molecule has 0 spiro atoms. The molecule has 2 amide bonds. The van der Waals surface area contributed by atoms with Crippen molar-refractivity contribution in [1.82, 2.24) is 4.90 Å². The predicted octanol–water partition coefficient (Wildman–Crippen LogP) is 4.93. The summed E-state index contributed by atoms with van der Waals surface area (Å²) in [5, 5.41) is 2.97. The minimum absolute atomic E-state index is 0.0819. The van der Waals surface area contributed by atoms with E-state index in [2.05, 4.69) is 10.2 Å². The Bertz CT molecular complexity index is 1420. The lowest BCUT2D eigenvalue weighted by Crippen LogP contribution is -2.48. The predicted molar refractivity (Wildman–Crippen MR) is 132 cm³/mol. The maximum Gasteiger partial charge on any atom is 0.291 e. The van der Waals surface area contributed by atoms with Gasteiger partial charge in [0.1, 0.15) is 34.2 Å². The molecule has 1 aromatic heterocycles. The lowest BCUT2D eigenvalue weighted by atomic mass is 10.1. The van der Waals surface area contributed by atoms with Gasteiger partial charge in [0, 0.05) is 43.3 Å². The smallest absolute Gasteiger partial charge is 0.291 e. The number of piperazine rings is 1. The van der Waals surface area contributed by atoms with Crippen LogP contribution in [0.15, 0.2) is 71.1 Å². The van der Waals surface area contributed by atoms with E-state index < -0.39 is 29.0 Å². The monoisotopic (exact) mass is 491 g/mol. The van der Waals surface area contributed by atoms with Gasteiger partial charge in [0.2, 0.25) is 5.76 Å². The Morgan fingerprint density at radius 1 is 0.917 bits per heavy atom. The van der Waals surface area contributed by atoms with Gasteiger partial charge in [0.25, 0.3) is 11.8 Å². The SMILES string of the molecule is COc1cccc(N2CCN(C(=O)c3oc4ccccc4c3NC(=O)c3c(F)cccc3F)CC2)c1. The standard InChI is InChI=1S/C27H23F2N3O4/c1-35-18-7-4-6-17(16-18)31-12-14-32(15-13-31)27(34)25-24(19-8-2-3-11-22(19)36-25)30-26(33)23-20(28)9-5-10-21(23)29/h2-11,16H,12-15H2,1H3,(H,30,33). The molecule has 1 aliphatic rings. The number of halogens is 2. The number of benzene rings is 3. The van der Waals surface area contributed by atoms with Gasteiger partial charge in [-0.15, -0.1) is 0 Å². The quantitative estimate of drug-likeness (QED) is 0.428. The highest BCUT2D eigenvalue weighted by atomic mass is 19.1. The average Bonchev–Trinajstić information content (AvgIpc) is 3.26. The Morgan fingerprint density at radius 2 is 1.61 bits per heavy atom. The molecule has 5 rings (SSSR count). The summed E-state index contributed by atoms with van der Waals surface area (Å²) in [5.41, 5.74) is 0.719. The molecule has 1 aliphatic heterocycles. The maximum atomic E-state index is 14.2. The zero-order valence-corrected chi connectivity index (χ0v) is 19.5. The maximum absolute atomic E-state index is 14.2. The summed E-state index contributed by atoms with van der Waals surface area (Å²) < 4.78 is 39.5. The number of anilines is 2. The highest BCUT2D eigenvalue weighted by Crippen LogP contribution is 2.33. The summed E-state index contributed by atoms with van der Waals surface area (Å²) in [6.45, 7) is 2.01. The summed E-state index contributed by atoms with van der Waals surface area (Å²) in [7, 11) is 1.61. The average molecular weight is 491 g/mol. The fraction of sp³-hybridized carbons (Fsp3) is 0.185. The van der Waals surface area contributed by atoms with Crippen molar-refractivity contribution in [3.05, 3.63) is 89.7 Å². The first kappa shape index (κ1) is 23.3. The van der Waals surface area contributed by atoms with Crippen molar-refractivity contribution in [2.75, 3.05) is 43.5 Å². The van der Waals surface area contributed by atoms with Gasteiger partial charge in [-0.05, 0) is 36.4 Å². The number of nitrogens with one attached hydrogen (secondary N) is 1. The molecule has 9 heteroatoms. The van der Waals surface area contributed by atoms with E-state index in [-0.39, 0.29) is 11.4 Å². The number of hydrogen-bond donors (Lipinski definition) is 1. The van der Waals surface area contributed by atoms with Gasteiger partial charge in [-0.25, -0.2) is 8.78 Å². The van der Waals surface area contributed by atoms with Crippen LogP contribution < -0.4 is 15.0 Å². The second-order valence-corrected chi connectivity index (χ2v) is 8.33. The molecule has 0 atom stereocenters. The van der Waals surface area contributed by atoms with Crippen LogP contribution in [0, 0.1) is 11.6 Å². The van der Waals surface area contributed by atoms with Crippen LogP contribution in [0.25, 0.3) is 11.0 Å². The molecule has 1 saturated heterocycles. The van der Waals surface area contributed by atoms with Gasteiger partial charge < -0.3 is 24.3 Å². The number of rotatable bonds is 5. The lowest BCUT2D eigenvalue weighted by molar-refractivity contribution is 0.0718. The molecular weight excluding hydrogens is 468 g/mol. The van der Waals surface area contributed by atoms with E-state index in [1.54, 1.807) is 36.3 Å². The number of carbonyl (C=O) groups excluding carboxylic acids is 2. The molecule has 1 N–H and O–H groups in total. The van der Waals surface area contributed by atoms with Crippen LogP contribution in [0.5, 0.6) is 5.75 Å². The van der Waals surface area contributed by atoms with Crippen molar-refractivity contribution in [3.63, 3.8) is 0 Å². The summed E-state index contributed by atoms with van der Waals surface area (Å²) in [5.74, 6) is -2.75. The number of para-hydroxylation sites is 1. The zero-order valence-electron chi connectivity index (χ0n) is 19.5. The Labute approximate surface area is 205 Å². The third kappa shape index (κ3) is 4.35. The van der Waals surface area contributed by atoms with E-state index in [4.69, 9.17) is 9.15 Å². The fourth-order valence-electron chi connectivity index (χ4n) is 4.33. The normalized spacial score (nSPS) is 13.6. The van der Waals surface area contributed by atoms with Crippen LogP contribution in [0.3, 0.4) is 0 Å². The summed E-state index contributed by atoms with van der Waals surface area (Å²) in [6, 6.07) is 17.7. The van der Waals surface area contributed by atoms with E-state index in [1.807, 2.05) is 24.3 Å². The molecule has 0 bridgehead atoms. The molecular formula is C27H23F2N3O4. The molecule has 0 radical (unpaired) electrons. The van der Waals surface area contributed by atoms with Gasteiger partial charge in [0.05, 0.1) is 7.11 Å². The van der Waals surface area contributed by atoms with Gasteiger partial charge >= 0.3 is 0 Å². The zero-order chi connectivity index (χ0) is 25.2. The summed E-state index contributed by atoms with van der Waals surface area (Å²) in [4.78, 5) is 30.1. The van der Waals surface area contributed by atoms with Crippen molar-refractivity contribution >= 4 is 34.2 Å². The second-order valence-electron chi connectivity index (χ2n) is 8.33. The van der Waals surface area contributed by atoms with E-state index in [0.29, 0.717) is 37.1 Å². The van der Waals surface area contributed by atoms with Crippen LogP contribution in [-0.4, -0.2) is 50.0 Å². The van der Waals surface area contributed by atoms with Crippen LogP contribution >= 0.6 is 0 Å². The molecule has 184 valence electrons. The lowest BCUT2D eigenvalue weighted by Gasteiger charge is -2.36. The Balaban J connectivity index is 1.40. The van der Waals surface area contributed by atoms with Gasteiger partial charge in [-0.2, -0.15) is 0 Å². The molecule has 0 saturated carbocycles. The highest BCUT2D eigenvalue weighted by molar-refractivity contribution is 6.14. The van der Waals surface area contributed by atoms with Crippen molar-refractivity contribution in [3.8, 4) is 5.75 Å². The van der Waals surface area contributed by atoms with Crippen LogP contribution in [0.2, 0.25) is 0 Å². The van der Waals surface area contributed by atoms with Gasteiger partial charge in [0.15, 0.2) is 0 Å². The number of nitrogens with zero attached hydrogens (tertiary/aromatic N) is 2. The second kappa shape index (κ2) is 9.69.